The molecule has 0 saturated heterocycles. The zero-order valence-electron chi connectivity index (χ0n) is 20.1. The highest BCUT2D eigenvalue weighted by Gasteiger charge is 2.28. The molecular formula is C27H44N4O2. The standard InChI is InChI=1S/C26H40N4O2.CH4/c1-6-8-9-22(20(15-27)16-28)24-14-21(32-13-12-31-5)10-11-23(24)26(18(3)7-2)25(17-29)19(4)30;/h7,9,15-17,21,27,29H,4,6,8,10-14,28,30H2,1-3,5H3;1H4/b18-7-,20-16+,22-9+,26-25+,27-15?,29-17?;. The molecule has 0 radical (unpaired) electrons. The lowest BCUT2D eigenvalue weighted by Crippen LogP contribution is -2.24. The van der Waals surface area contributed by atoms with Crippen molar-refractivity contribution >= 4 is 12.4 Å². The number of ether oxygens (including phenoxy) is 2. The summed E-state index contributed by atoms with van der Waals surface area (Å²) in [7, 11) is 1.66. The van der Waals surface area contributed by atoms with Gasteiger partial charge >= 0.3 is 0 Å². The molecule has 0 saturated carbocycles. The summed E-state index contributed by atoms with van der Waals surface area (Å²) in [5.41, 5.74) is 18.8. The number of hydrogen-bond acceptors (Lipinski definition) is 6. The fourth-order valence-corrected chi connectivity index (χ4v) is 3.90. The van der Waals surface area contributed by atoms with Crippen LogP contribution in [-0.2, 0) is 9.47 Å². The van der Waals surface area contributed by atoms with Crippen molar-refractivity contribution in [2.75, 3.05) is 20.3 Å². The molecule has 1 unspecified atom stereocenters. The molecule has 0 aromatic carbocycles. The molecule has 0 aromatic rings. The van der Waals surface area contributed by atoms with Crippen molar-refractivity contribution in [2.24, 2.45) is 11.5 Å². The monoisotopic (exact) mass is 456 g/mol. The van der Waals surface area contributed by atoms with E-state index in [0.717, 1.165) is 53.5 Å². The minimum Gasteiger partial charge on any atom is -0.404 e. The van der Waals surface area contributed by atoms with E-state index in [0.29, 0.717) is 36.5 Å². The van der Waals surface area contributed by atoms with Gasteiger partial charge in [-0.2, -0.15) is 0 Å². The van der Waals surface area contributed by atoms with E-state index in [1.54, 1.807) is 7.11 Å². The second-order valence-electron chi connectivity index (χ2n) is 7.79. The average Bonchev–Trinajstić information content (AvgIpc) is 2.79. The van der Waals surface area contributed by atoms with Gasteiger partial charge in [-0.25, -0.2) is 0 Å². The first-order valence-electron chi connectivity index (χ1n) is 11.2. The minimum absolute atomic E-state index is 0. The van der Waals surface area contributed by atoms with E-state index in [-0.39, 0.29) is 13.5 Å². The summed E-state index contributed by atoms with van der Waals surface area (Å²) in [6.45, 7) is 11.1. The predicted molar refractivity (Wildman–Crippen MR) is 142 cm³/mol. The topological polar surface area (TPSA) is 118 Å². The zero-order chi connectivity index (χ0) is 24.1. The third-order valence-electron chi connectivity index (χ3n) is 5.65. The van der Waals surface area contributed by atoms with Gasteiger partial charge in [-0.3, -0.25) is 0 Å². The molecule has 0 fully saturated rings. The fraction of sp³-hybridized carbons (Fsp3) is 0.481. The second kappa shape index (κ2) is 16.0. The summed E-state index contributed by atoms with van der Waals surface area (Å²) in [5, 5.41) is 15.9. The van der Waals surface area contributed by atoms with Crippen LogP contribution in [0.5, 0.6) is 0 Å². The molecule has 1 rings (SSSR count). The molecule has 184 valence electrons. The van der Waals surface area contributed by atoms with Crippen LogP contribution in [0.2, 0.25) is 0 Å². The quantitative estimate of drug-likeness (QED) is 0.160. The molecule has 33 heavy (non-hydrogen) atoms. The van der Waals surface area contributed by atoms with E-state index < -0.39 is 0 Å². The molecule has 6 nitrogen and oxygen atoms in total. The lowest BCUT2D eigenvalue weighted by molar-refractivity contribution is 0.0117. The van der Waals surface area contributed by atoms with Gasteiger partial charge in [0.05, 0.1) is 19.3 Å². The summed E-state index contributed by atoms with van der Waals surface area (Å²) in [4.78, 5) is 0. The van der Waals surface area contributed by atoms with Gasteiger partial charge in [0, 0.05) is 42.6 Å². The van der Waals surface area contributed by atoms with E-state index in [1.807, 2.05) is 19.9 Å². The maximum Gasteiger partial charge on any atom is 0.0704 e. The Morgan fingerprint density at radius 1 is 1.21 bits per heavy atom. The average molecular weight is 457 g/mol. The molecule has 0 amide bonds. The van der Waals surface area contributed by atoms with E-state index >= 15 is 0 Å². The van der Waals surface area contributed by atoms with Gasteiger partial charge in [0.15, 0.2) is 0 Å². The van der Waals surface area contributed by atoms with Gasteiger partial charge in [-0.1, -0.05) is 39.5 Å². The first-order valence-corrected chi connectivity index (χ1v) is 11.2. The Morgan fingerprint density at radius 2 is 1.91 bits per heavy atom. The molecule has 6 N–H and O–H groups in total. The molecular weight excluding hydrogens is 412 g/mol. The van der Waals surface area contributed by atoms with Crippen molar-refractivity contribution in [1.82, 2.24) is 0 Å². The maximum atomic E-state index is 8.01. The number of rotatable bonds is 13. The molecule has 1 atom stereocenters. The lowest BCUT2D eigenvalue weighted by Gasteiger charge is -2.31. The Balaban J connectivity index is 0.0000102. The van der Waals surface area contributed by atoms with Crippen molar-refractivity contribution in [3.63, 3.8) is 0 Å². The van der Waals surface area contributed by atoms with Crippen LogP contribution in [0, 0.1) is 10.8 Å². The van der Waals surface area contributed by atoms with Gasteiger partial charge in [-0.05, 0) is 67.4 Å². The van der Waals surface area contributed by atoms with E-state index in [9.17, 15) is 0 Å². The van der Waals surface area contributed by atoms with Crippen LogP contribution < -0.4 is 11.5 Å². The summed E-state index contributed by atoms with van der Waals surface area (Å²) in [6, 6.07) is 0. The van der Waals surface area contributed by atoms with Gasteiger partial charge in [0.2, 0.25) is 0 Å². The number of unbranched alkanes of at least 4 members (excludes halogenated alkanes) is 1. The Hall–Kier alpha value is -2.70. The first-order chi connectivity index (χ1) is 15.4. The molecule has 1 aliphatic carbocycles. The van der Waals surface area contributed by atoms with Crippen LogP contribution in [0.25, 0.3) is 0 Å². The van der Waals surface area contributed by atoms with Crippen LogP contribution >= 0.6 is 0 Å². The molecule has 0 bridgehead atoms. The van der Waals surface area contributed by atoms with Crippen molar-refractivity contribution in [3.05, 3.63) is 69.6 Å². The summed E-state index contributed by atoms with van der Waals surface area (Å²) >= 11 is 0. The number of methoxy groups -OCH3 is 1. The largest absolute Gasteiger partial charge is 0.404 e. The Labute approximate surface area is 200 Å². The van der Waals surface area contributed by atoms with Crippen LogP contribution in [0.1, 0.15) is 60.3 Å². The van der Waals surface area contributed by atoms with Gasteiger partial charge < -0.3 is 31.8 Å². The third kappa shape index (κ3) is 8.30. The van der Waals surface area contributed by atoms with Crippen LogP contribution in [-0.4, -0.2) is 38.9 Å². The highest BCUT2D eigenvalue weighted by Crippen LogP contribution is 2.41. The first kappa shape index (κ1) is 30.3. The van der Waals surface area contributed by atoms with Crippen molar-refractivity contribution in [3.8, 4) is 0 Å². The Bertz CT molecular complexity index is 844. The zero-order valence-corrected chi connectivity index (χ0v) is 20.1. The molecule has 0 heterocycles. The minimum atomic E-state index is 0. The Kier molecular flexibility index (Phi) is 14.7. The molecule has 0 aromatic heterocycles. The van der Waals surface area contributed by atoms with Crippen molar-refractivity contribution in [2.45, 2.75) is 66.4 Å². The van der Waals surface area contributed by atoms with Crippen LogP contribution in [0.3, 0.4) is 0 Å². The van der Waals surface area contributed by atoms with Crippen LogP contribution in [0.4, 0.5) is 0 Å². The fourth-order valence-electron chi connectivity index (χ4n) is 3.90. The van der Waals surface area contributed by atoms with Crippen LogP contribution in [0.15, 0.2) is 69.6 Å². The smallest absolute Gasteiger partial charge is 0.0704 e. The molecule has 6 heteroatoms. The van der Waals surface area contributed by atoms with E-state index in [4.69, 9.17) is 31.8 Å². The predicted octanol–water partition coefficient (Wildman–Crippen LogP) is 5.74. The number of allylic oxidation sites excluding steroid dienone is 8. The molecule has 0 aliphatic heterocycles. The third-order valence-corrected chi connectivity index (χ3v) is 5.65. The van der Waals surface area contributed by atoms with Gasteiger partial charge in [-0.15, -0.1) is 0 Å². The molecule has 0 spiro atoms. The second-order valence-corrected chi connectivity index (χ2v) is 7.79. The Morgan fingerprint density at radius 3 is 2.39 bits per heavy atom. The summed E-state index contributed by atoms with van der Waals surface area (Å²) in [6.07, 6.45) is 12.4. The van der Waals surface area contributed by atoms with Crippen molar-refractivity contribution < 1.29 is 9.47 Å². The SMILES string of the molecule is C.C=C(N)/C(C=N)=C(C1=C(C(=C/CCC)/C(C=N)=C/N)CC(OCCOC)CC1)\C(C)=C/C. The van der Waals surface area contributed by atoms with E-state index in [2.05, 4.69) is 19.6 Å². The highest BCUT2D eigenvalue weighted by atomic mass is 16.5. The maximum absolute atomic E-state index is 8.01. The number of hydrogen-bond donors (Lipinski definition) is 4. The molecule has 1 aliphatic rings. The highest BCUT2D eigenvalue weighted by molar-refractivity contribution is 5.88. The van der Waals surface area contributed by atoms with Crippen molar-refractivity contribution in [1.29, 1.82) is 10.8 Å². The number of nitrogens with two attached hydrogens (primary N) is 2. The van der Waals surface area contributed by atoms with Gasteiger partial charge in [0.25, 0.3) is 0 Å². The lowest BCUT2D eigenvalue weighted by atomic mass is 9.77. The summed E-state index contributed by atoms with van der Waals surface area (Å²) < 4.78 is 11.2. The van der Waals surface area contributed by atoms with Gasteiger partial charge in [0.1, 0.15) is 0 Å². The van der Waals surface area contributed by atoms with E-state index in [1.165, 1.54) is 18.6 Å². The number of nitrogens with one attached hydrogen (secondary N) is 2. The normalized spacial score (nSPS) is 18.4. The summed E-state index contributed by atoms with van der Waals surface area (Å²) in [5.74, 6) is 0.